The molecule has 2 heterocycles. The van der Waals surface area contributed by atoms with Crippen molar-refractivity contribution < 1.29 is 9.59 Å². The monoisotopic (exact) mass is 394 g/mol. The summed E-state index contributed by atoms with van der Waals surface area (Å²) in [6.45, 7) is 5.84. The number of aromatic amines is 1. The van der Waals surface area contributed by atoms with Gasteiger partial charge in [-0.15, -0.1) is 11.3 Å². The first kappa shape index (κ1) is 18.9. The molecule has 1 aliphatic rings. The highest BCUT2D eigenvalue weighted by Crippen LogP contribution is 2.36. The Morgan fingerprint density at radius 3 is 2.92 bits per heavy atom. The highest BCUT2D eigenvalue weighted by atomic mass is 32.2. The van der Waals surface area contributed by atoms with E-state index in [1.54, 1.807) is 11.3 Å². The summed E-state index contributed by atoms with van der Waals surface area (Å²) in [7, 11) is 0. The van der Waals surface area contributed by atoms with Crippen molar-refractivity contribution in [2.24, 2.45) is 5.92 Å². The van der Waals surface area contributed by atoms with Crippen LogP contribution < -0.4 is 16.2 Å². The number of hydrogen-bond donors (Lipinski definition) is 3. The van der Waals surface area contributed by atoms with Crippen LogP contribution in [-0.2, 0) is 17.6 Å². The van der Waals surface area contributed by atoms with E-state index in [0.29, 0.717) is 16.5 Å². The van der Waals surface area contributed by atoms with Gasteiger partial charge in [0.2, 0.25) is 5.91 Å². The van der Waals surface area contributed by atoms with Gasteiger partial charge in [0, 0.05) is 10.9 Å². The van der Waals surface area contributed by atoms with E-state index in [2.05, 4.69) is 27.5 Å². The van der Waals surface area contributed by atoms with Crippen LogP contribution in [0.25, 0.3) is 10.2 Å². The Bertz CT molecular complexity index is 903. The fourth-order valence-electron chi connectivity index (χ4n) is 2.99. The Kier molecular flexibility index (Phi) is 5.67. The summed E-state index contributed by atoms with van der Waals surface area (Å²) in [4.78, 5) is 45.1. The predicted octanol–water partition coefficient (Wildman–Crippen LogP) is 2.44. The van der Waals surface area contributed by atoms with Crippen LogP contribution in [-0.4, -0.2) is 33.7 Å². The van der Waals surface area contributed by atoms with Crippen LogP contribution in [0, 0.1) is 5.92 Å². The standard InChI is InChI=1S/C17H22N4O3S2/c1-8(2)18-16(24)19-12(22)7-25-17-20-14(23)13-10-5-4-9(3)6-11(10)26-15(13)21-17/h8-9H,4-7H2,1-3H3,(H,20,21,23)(H2,18,19,22,24)/t9-/m0/s1. The number of imide groups is 1. The zero-order valence-electron chi connectivity index (χ0n) is 15.0. The number of fused-ring (bicyclic) bond motifs is 3. The molecule has 140 valence electrons. The van der Waals surface area contributed by atoms with E-state index < -0.39 is 11.9 Å². The molecule has 1 aliphatic carbocycles. The van der Waals surface area contributed by atoms with Gasteiger partial charge in [0.1, 0.15) is 4.83 Å². The summed E-state index contributed by atoms with van der Waals surface area (Å²) in [5.41, 5.74) is 0.985. The van der Waals surface area contributed by atoms with Crippen LogP contribution >= 0.6 is 23.1 Å². The highest BCUT2D eigenvalue weighted by Gasteiger charge is 2.23. The first-order valence-corrected chi connectivity index (χ1v) is 10.4. The van der Waals surface area contributed by atoms with Crippen molar-refractivity contribution in [1.29, 1.82) is 0 Å². The van der Waals surface area contributed by atoms with Gasteiger partial charge in [-0.2, -0.15) is 0 Å². The molecule has 3 rings (SSSR count). The molecule has 0 saturated carbocycles. The summed E-state index contributed by atoms with van der Waals surface area (Å²) in [5, 5.41) is 5.93. The van der Waals surface area contributed by atoms with Gasteiger partial charge in [0.15, 0.2) is 5.16 Å². The second-order valence-corrected chi connectivity index (χ2v) is 8.92. The van der Waals surface area contributed by atoms with Crippen molar-refractivity contribution >= 4 is 45.3 Å². The van der Waals surface area contributed by atoms with Crippen LogP contribution in [0.5, 0.6) is 0 Å². The number of rotatable bonds is 4. The summed E-state index contributed by atoms with van der Waals surface area (Å²) in [6.07, 6.45) is 3.00. The minimum Gasteiger partial charge on any atom is -0.336 e. The van der Waals surface area contributed by atoms with Gasteiger partial charge in [-0.1, -0.05) is 18.7 Å². The zero-order chi connectivity index (χ0) is 18.8. The molecular weight excluding hydrogens is 372 g/mol. The van der Waals surface area contributed by atoms with Crippen LogP contribution in [0.1, 0.15) is 37.6 Å². The molecule has 0 radical (unpaired) electrons. The Hall–Kier alpha value is -1.87. The molecule has 0 unspecified atom stereocenters. The zero-order valence-corrected chi connectivity index (χ0v) is 16.6. The Labute approximate surface area is 159 Å². The number of carbonyl (C=O) groups is 2. The lowest BCUT2D eigenvalue weighted by Crippen LogP contribution is -2.43. The molecule has 3 amide bonds. The van der Waals surface area contributed by atoms with Gasteiger partial charge in [-0.3, -0.25) is 14.9 Å². The van der Waals surface area contributed by atoms with Crippen molar-refractivity contribution in [2.45, 2.75) is 51.2 Å². The Morgan fingerprint density at radius 1 is 1.42 bits per heavy atom. The molecule has 0 spiro atoms. The van der Waals surface area contributed by atoms with Crippen molar-refractivity contribution in [3.8, 4) is 0 Å². The molecule has 0 aromatic carbocycles. The van der Waals surface area contributed by atoms with Gasteiger partial charge in [0.25, 0.3) is 5.56 Å². The van der Waals surface area contributed by atoms with E-state index in [1.807, 2.05) is 13.8 Å². The van der Waals surface area contributed by atoms with Gasteiger partial charge in [0.05, 0.1) is 11.1 Å². The number of H-pyrrole nitrogens is 1. The second kappa shape index (κ2) is 7.79. The molecule has 0 saturated heterocycles. The number of urea groups is 1. The van der Waals surface area contributed by atoms with Gasteiger partial charge in [-0.05, 0) is 44.6 Å². The number of thiophene rings is 1. The SMILES string of the molecule is CC(C)NC(=O)NC(=O)CSc1nc2sc3c(c2c(=O)[nH]1)CC[C@H](C)C3. The lowest BCUT2D eigenvalue weighted by molar-refractivity contribution is -0.117. The summed E-state index contributed by atoms with van der Waals surface area (Å²) in [5.74, 6) is 0.196. The molecule has 9 heteroatoms. The summed E-state index contributed by atoms with van der Waals surface area (Å²) >= 11 is 2.69. The molecule has 0 bridgehead atoms. The lowest BCUT2D eigenvalue weighted by atomic mass is 9.89. The van der Waals surface area contributed by atoms with E-state index in [1.165, 1.54) is 4.88 Å². The number of nitrogens with zero attached hydrogens (tertiary/aromatic N) is 1. The lowest BCUT2D eigenvalue weighted by Gasteiger charge is -2.17. The molecule has 2 aromatic rings. The molecule has 3 N–H and O–H groups in total. The fourth-order valence-corrected chi connectivity index (χ4v) is 5.09. The maximum Gasteiger partial charge on any atom is 0.321 e. The van der Waals surface area contributed by atoms with Crippen LogP contribution in [0.4, 0.5) is 4.79 Å². The van der Waals surface area contributed by atoms with Crippen molar-refractivity contribution in [3.63, 3.8) is 0 Å². The second-order valence-electron chi connectivity index (χ2n) is 6.87. The number of hydrogen-bond acceptors (Lipinski definition) is 6. The maximum atomic E-state index is 12.5. The third-order valence-corrected chi connectivity index (χ3v) is 6.18. The first-order chi connectivity index (χ1) is 12.3. The molecule has 0 fully saturated rings. The Morgan fingerprint density at radius 2 is 2.19 bits per heavy atom. The van der Waals surface area contributed by atoms with Crippen LogP contribution in [0.3, 0.4) is 0 Å². The van der Waals surface area contributed by atoms with Gasteiger partial charge < -0.3 is 10.3 Å². The fraction of sp³-hybridized carbons (Fsp3) is 0.529. The minimum atomic E-state index is -0.525. The molecule has 2 aromatic heterocycles. The summed E-state index contributed by atoms with van der Waals surface area (Å²) < 4.78 is 0. The average molecular weight is 395 g/mol. The van der Waals surface area contributed by atoms with Crippen LogP contribution in [0.15, 0.2) is 9.95 Å². The number of thioether (sulfide) groups is 1. The van der Waals surface area contributed by atoms with Crippen molar-refractivity contribution in [1.82, 2.24) is 20.6 Å². The summed E-state index contributed by atoms with van der Waals surface area (Å²) in [6, 6.07) is -0.578. The third-order valence-electron chi connectivity index (χ3n) is 4.16. The molecule has 1 atom stereocenters. The highest BCUT2D eigenvalue weighted by molar-refractivity contribution is 7.99. The first-order valence-electron chi connectivity index (χ1n) is 8.61. The van der Waals surface area contributed by atoms with E-state index in [0.717, 1.165) is 41.4 Å². The Balaban J connectivity index is 1.71. The van der Waals surface area contributed by atoms with E-state index in [4.69, 9.17) is 0 Å². The molecular formula is C17H22N4O3S2. The van der Waals surface area contributed by atoms with Crippen molar-refractivity contribution in [3.05, 3.63) is 20.8 Å². The largest absolute Gasteiger partial charge is 0.336 e. The number of aryl methyl sites for hydroxylation is 1. The number of carbonyl (C=O) groups excluding carboxylic acids is 2. The normalized spacial score (nSPS) is 16.5. The van der Waals surface area contributed by atoms with E-state index in [-0.39, 0.29) is 17.4 Å². The van der Waals surface area contributed by atoms with E-state index >= 15 is 0 Å². The molecule has 7 nitrogen and oxygen atoms in total. The van der Waals surface area contributed by atoms with Gasteiger partial charge >= 0.3 is 6.03 Å². The quantitative estimate of drug-likeness (QED) is 0.546. The third kappa shape index (κ3) is 4.27. The number of amides is 3. The van der Waals surface area contributed by atoms with Crippen molar-refractivity contribution in [2.75, 3.05) is 5.75 Å². The maximum absolute atomic E-state index is 12.5. The smallest absolute Gasteiger partial charge is 0.321 e. The van der Waals surface area contributed by atoms with Crippen LogP contribution in [0.2, 0.25) is 0 Å². The number of nitrogens with one attached hydrogen (secondary N) is 3. The molecule has 26 heavy (non-hydrogen) atoms. The van der Waals surface area contributed by atoms with E-state index in [9.17, 15) is 14.4 Å². The topological polar surface area (TPSA) is 104 Å². The number of aromatic nitrogens is 2. The molecule has 0 aliphatic heterocycles. The minimum absolute atomic E-state index is 0.00207. The van der Waals surface area contributed by atoms with Gasteiger partial charge in [-0.25, -0.2) is 9.78 Å². The predicted molar refractivity (Wildman–Crippen MR) is 104 cm³/mol. The average Bonchev–Trinajstić information content (AvgIpc) is 2.89.